The lowest BCUT2D eigenvalue weighted by atomic mass is 9.97. The molecule has 0 saturated heterocycles. The van der Waals surface area contributed by atoms with Crippen LogP contribution in [-0.2, 0) is 18.6 Å². The van der Waals surface area contributed by atoms with Crippen LogP contribution in [0.2, 0.25) is 18.1 Å². The summed E-state index contributed by atoms with van der Waals surface area (Å²) in [6, 6.07) is 21.7. The first-order chi connectivity index (χ1) is 19.4. The van der Waals surface area contributed by atoms with E-state index in [-0.39, 0.29) is 29.5 Å². The fraction of sp³-hybridized carbons (Fsp3) is 0.543. The van der Waals surface area contributed by atoms with Crippen molar-refractivity contribution in [2.75, 3.05) is 27.5 Å². The van der Waals surface area contributed by atoms with E-state index >= 15 is 0 Å². The van der Waals surface area contributed by atoms with E-state index < -0.39 is 16.2 Å². The number of allylic oxidation sites excluding steroid dienone is 3. The second kappa shape index (κ2) is 17.5. The third kappa shape index (κ3) is 11.5. The molecular weight excluding hydrogens is 543 g/mol. The average molecular weight is 599 g/mol. The van der Waals surface area contributed by atoms with Crippen molar-refractivity contribution in [1.82, 2.24) is 0 Å². The molecule has 0 amide bonds. The molecular formula is C35H55O4PSi. The molecule has 0 fully saturated rings. The summed E-state index contributed by atoms with van der Waals surface area (Å²) < 4.78 is 24.1. The maximum atomic E-state index is 6.97. The second-order valence-electron chi connectivity index (χ2n) is 12.5. The first-order valence-electron chi connectivity index (χ1n) is 14.9. The summed E-state index contributed by atoms with van der Waals surface area (Å²) in [7, 11) is 2.83. The Morgan fingerprint density at radius 2 is 1.39 bits per heavy atom. The molecule has 3 atom stereocenters. The van der Waals surface area contributed by atoms with Crippen LogP contribution in [0.4, 0.5) is 0 Å². The minimum atomic E-state index is -1.96. The normalized spacial score (nSPS) is 15.6. The molecule has 0 aliphatic heterocycles. The summed E-state index contributed by atoms with van der Waals surface area (Å²) in [6.07, 6.45) is 10.4. The van der Waals surface area contributed by atoms with Crippen molar-refractivity contribution in [3.05, 3.63) is 84.5 Å². The molecule has 0 spiro atoms. The Hall–Kier alpha value is -1.59. The van der Waals surface area contributed by atoms with Gasteiger partial charge < -0.3 is 18.6 Å². The highest BCUT2D eigenvalue weighted by atomic mass is 31.1. The average Bonchev–Trinajstić information content (AvgIpc) is 2.95. The summed E-state index contributed by atoms with van der Waals surface area (Å²) in [4.78, 5) is 0. The Bertz CT molecular complexity index is 1010. The molecule has 228 valence electrons. The van der Waals surface area contributed by atoms with Gasteiger partial charge in [0.1, 0.15) is 0 Å². The number of methoxy groups -OCH3 is 3. The van der Waals surface area contributed by atoms with E-state index in [1.165, 1.54) is 16.2 Å². The zero-order valence-electron chi connectivity index (χ0n) is 27.2. The Morgan fingerprint density at radius 3 is 1.85 bits per heavy atom. The number of rotatable bonds is 17. The molecule has 41 heavy (non-hydrogen) atoms. The third-order valence-corrected chi connectivity index (χ3v) is 15.3. The van der Waals surface area contributed by atoms with Crippen molar-refractivity contribution in [3.63, 3.8) is 0 Å². The SMILES string of the molecule is COC(OC)[C@H](C)CC[C@@H](C[C@H](OC)/C(C)=C/C=C/CP(c1ccccc1)c1ccccc1)O[Si](C)(C)C(C)(C)C. The summed E-state index contributed by atoms with van der Waals surface area (Å²) in [5.74, 6) is 0.278. The Labute approximate surface area is 253 Å². The minimum absolute atomic E-state index is 0.00451. The fourth-order valence-electron chi connectivity index (χ4n) is 4.74. The lowest BCUT2D eigenvalue weighted by Crippen LogP contribution is -2.45. The molecule has 6 heteroatoms. The fourth-order valence-corrected chi connectivity index (χ4v) is 8.26. The van der Waals surface area contributed by atoms with E-state index in [2.05, 4.69) is 127 Å². The van der Waals surface area contributed by atoms with E-state index in [4.69, 9.17) is 18.6 Å². The van der Waals surface area contributed by atoms with Crippen LogP contribution in [-0.4, -0.2) is 54.3 Å². The largest absolute Gasteiger partial charge is 0.414 e. The summed E-state index contributed by atoms with van der Waals surface area (Å²) in [5.41, 5.74) is 1.22. The van der Waals surface area contributed by atoms with Gasteiger partial charge in [0, 0.05) is 39.8 Å². The van der Waals surface area contributed by atoms with Gasteiger partial charge in [0.25, 0.3) is 0 Å². The predicted octanol–water partition coefficient (Wildman–Crippen LogP) is 8.45. The molecule has 2 aromatic rings. The summed E-state index contributed by atoms with van der Waals surface area (Å²) >= 11 is 0. The molecule has 0 aliphatic rings. The smallest absolute Gasteiger partial charge is 0.192 e. The molecule has 0 saturated carbocycles. The molecule has 0 aliphatic carbocycles. The molecule has 0 unspecified atom stereocenters. The monoisotopic (exact) mass is 598 g/mol. The van der Waals surface area contributed by atoms with Gasteiger partial charge in [-0.25, -0.2) is 0 Å². The first kappa shape index (κ1) is 35.6. The maximum absolute atomic E-state index is 6.97. The van der Waals surface area contributed by atoms with Gasteiger partial charge in [-0.1, -0.05) is 107 Å². The van der Waals surface area contributed by atoms with Crippen LogP contribution in [0.5, 0.6) is 0 Å². The van der Waals surface area contributed by atoms with Crippen molar-refractivity contribution < 1.29 is 18.6 Å². The Morgan fingerprint density at radius 1 is 0.854 bits per heavy atom. The Balaban J connectivity index is 2.16. The molecule has 2 aromatic carbocycles. The number of ether oxygens (including phenoxy) is 3. The van der Waals surface area contributed by atoms with Gasteiger partial charge in [-0.3, -0.25) is 0 Å². The molecule has 4 nitrogen and oxygen atoms in total. The van der Waals surface area contributed by atoms with Gasteiger partial charge in [0.05, 0.1) is 6.10 Å². The van der Waals surface area contributed by atoms with Gasteiger partial charge in [0.15, 0.2) is 14.6 Å². The zero-order valence-corrected chi connectivity index (χ0v) is 29.1. The highest BCUT2D eigenvalue weighted by Crippen LogP contribution is 2.39. The topological polar surface area (TPSA) is 36.9 Å². The second-order valence-corrected chi connectivity index (χ2v) is 19.5. The van der Waals surface area contributed by atoms with Gasteiger partial charge in [0.2, 0.25) is 0 Å². The summed E-state index contributed by atoms with van der Waals surface area (Å²) in [6.45, 7) is 15.9. The van der Waals surface area contributed by atoms with Gasteiger partial charge in [-0.2, -0.15) is 0 Å². The lowest BCUT2D eigenvalue weighted by molar-refractivity contribution is -0.135. The van der Waals surface area contributed by atoms with Crippen LogP contribution in [0.25, 0.3) is 0 Å². The van der Waals surface area contributed by atoms with E-state index in [1.54, 1.807) is 14.2 Å². The van der Waals surface area contributed by atoms with Crippen molar-refractivity contribution >= 4 is 26.8 Å². The van der Waals surface area contributed by atoms with E-state index in [0.717, 1.165) is 25.4 Å². The van der Waals surface area contributed by atoms with Crippen LogP contribution in [0.1, 0.15) is 53.9 Å². The lowest BCUT2D eigenvalue weighted by Gasteiger charge is -2.40. The van der Waals surface area contributed by atoms with Crippen molar-refractivity contribution in [2.24, 2.45) is 5.92 Å². The maximum Gasteiger partial charge on any atom is 0.192 e. The number of benzene rings is 2. The molecule has 0 aromatic heterocycles. The van der Waals surface area contributed by atoms with E-state index in [9.17, 15) is 0 Å². The van der Waals surface area contributed by atoms with Crippen molar-refractivity contribution in [2.45, 2.75) is 90.5 Å². The van der Waals surface area contributed by atoms with Crippen LogP contribution >= 0.6 is 7.92 Å². The van der Waals surface area contributed by atoms with Gasteiger partial charge in [-0.15, -0.1) is 0 Å². The minimum Gasteiger partial charge on any atom is -0.414 e. The van der Waals surface area contributed by atoms with Crippen LogP contribution in [0.3, 0.4) is 0 Å². The third-order valence-electron chi connectivity index (χ3n) is 8.33. The Kier molecular flexibility index (Phi) is 15.2. The van der Waals surface area contributed by atoms with Crippen molar-refractivity contribution in [3.8, 4) is 0 Å². The van der Waals surface area contributed by atoms with Crippen LogP contribution in [0, 0.1) is 5.92 Å². The predicted molar refractivity (Wildman–Crippen MR) is 181 cm³/mol. The molecule has 0 heterocycles. The van der Waals surface area contributed by atoms with E-state index in [1.807, 2.05) is 7.11 Å². The highest BCUT2D eigenvalue weighted by molar-refractivity contribution is 7.73. The van der Waals surface area contributed by atoms with Gasteiger partial charge in [-0.05, 0) is 68.2 Å². The molecule has 0 bridgehead atoms. The first-order valence-corrected chi connectivity index (χ1v) is 19.3. The van der Waals surface area contributed by atoms with Crippen LogP contribution in [0.15, 0.2) is 84.5 Å². The number of hydrogen-bond acceptors (Lipinski definition) is 4. The van der Waals surface area contributed by atoms with Gasteiger partial charge >= 0.3 is 0 Å². The number of hydrogen-bond donors (Lipinski definition) is 0. The standard InChI is InChI=1S/C35H55O4PSi/c1-28(19-17-18-26-40(31-20-13-11-14-21-31)32-22-15-12-16-23-32)33(36-6)27-30(39-41(9,10)35(3,4)5)25-24-29(2)34(37-7)38-8/h11-23,29-30,33-34H,24-27H2,1-10H3/b18-17+,28-19+/t29-,30+,33+/m1/s1. The zero-order chi connectivity index (χ0) is 30.5. The molecule has 0 radical (unpaired) electrons. The van der Waals surface area contributed by atoms with E-state index in [0.29, 0.717) is 0 Å². The summed E-state index contributed by atoms with van der Waals surface area (Å²) in [5, 5.41) is 2.94. The quantitative estimate of drug-likeness (QED) is 0.0792. The highest BCUT2D eigenvalue weighted by Gasteiger charge is 2.39. The van der Waals surface area contributed by atoms with Crippen molar-refractivity contribution in [1.29, 1.82) is 0 Å². The van der Waals surface area contributed by atoms with Crippen LogP contribution < -0.4 is 10.6 Å². The molecule has 2 rings (SSSR count). The molecule has 0 N–H and O–H groups in total.